The molecule has 88 valence electrons. The van der Waals surface area contributed by atoms with Gasteiger partial charge in [-0.3, -0.25) is 0 Å². The minimum Gasteiger partial charge on any atom is -0.395 e. The Morgan fingerprint density at radius 1 is 1.40 bits per heavy atom. The number of hydrogen-bond donors (Lipinski definition) is 2. The van der Waals surface area contributed by atoms with Crippen molar-refractivity contribution in [2.24, 2.45) is 5.92 Å². The van der Waals surface area contributed by atoms with Crippen LogP contribution in [0.25, 0.3) is 0 Å². The van der Waals surface area contributed by atoms with E-state index in [0.29, 0.717) is 12.6 Å². The molecule has 0 aromatic carbocycles. The number of aliphatic hydroxyl groups excluding tert-OH is 1. The minimum atomic E-state index is 0.301. The maximum absolute atomic E-state index is 9.13. The molecule has 0 aromatic rings. The molecule has 2 saturated heterocycles. The number of aliphatic hydroxyl groups is 1. The Kier molecular flexibility index (Phi) is 4.00. The molecule has 3 unspecified atom stereocenters. The van der Waals surface area contributed by atoms with Crippen molar-refractivity contribution in [2.75, 3.05) is 26.2 Å². The van der Waals surface area contributed by atoms with Crippen LogP contribution in [0.2, 0.25) is 0 Å². The predicted octanol–water partition coefficient (Wildman–Crippen LogP) is 0.831. The Morgan fingerprint density at radius 2 is 2.27 bits per heavy atom. The van der Waals surface area contributed by atoms with E-state index in [2.05, 4.69) is 17.1 Å². The maximum atomic E-state index is 9.13. The number of likely N-dealkylation sites (tertiary alicyclic amines) is 1. The molecule has 3 heteroatoms. The third-order valence-corrected chi connectivity index (χ3v) is 4.09. The second kappa shape index (κ2) is 5.28. The lowest BCUT2D eigenvalue weighted by Gasteiger charge is -2.38. The summed E-state index contributed by atoms with van der Waals surface area (Å²) in [4.78, 5) is 2.63. The van der Waals surface area contributed by atoms with E-state index in [0.717, 1.165) is 24.9 Å². The van der Waals surface area contributed by atoms with Crippen LogP contribution in [-0.2, 0) is 0 Å². The van der Waals surface area contributed by atoms with E-state index >= 15 is 0 Å². The SMILES string of the molecule is CCN1CCCCC1C1CNC(CO)C1. The fourth-order valence-electron chi connectivity index (χ4n) is 3.23. The van der Waals surface area contributed by atoms with Crippen molar-refractivity contribution in [3.63, 3.8) is 0 Å². The van der Waals surface area contributed by atoms with Crippen LogP contribution in [0.4, 0.5) is 0 Å². The van der Waals surface area contributed by atoms with E-state index in [4.69, 9.17) is 5.11 Å². The molecular weight excluding hydrogens is 188 g/mol. The van der Waals surface area contributed by atoms with E-state index in [1.165, 1.54) is 32.4 Å². The van der Waals surface area contributed by atoms with Crippen LogP contribution in [0.5, 0.6) is 0 Å². The number of nitrogens with one attached hydrogen (secondary N) is 1. The molecule has 0 aromatic heterocycles. The van der Waals surface area contributed by atoms with Gasteiger partial charge in [-0.2, -0.15) is 0 Å². The number of hydrogen-bond acceptors (Lipinski definition) is 3. The summed E-state index contributed by atoms with van der Waals surface area (Å²) < 4.78 is 0. The van der Waals surface area contributed by atoms with Gasteiger partial charge in [-0.15, -0.1) is 0 Å². The van der Waals surface area contributed by atoms with Gasteiger partial charge < -0.3 is 15.3 Å². The topological polar surface area (TPSA) is 35.5 Å². The highest BCUT2D eigenvalue weighted by molar-refractivity contribution is 4.91. The van der Waals surface area contributed by atoms with E-state index in [9.17, 15) is 0 Å². The zero-order valence-electron chi connectivity index (χ0n) is 9.78. The van der Waals surface area contributed by atoms with Crippen molar-refractivity contribution in [3.8, 4) is 0 Å². The van der Waals surface area contributed by atoms with Gasteiger partial charge in [-0.25, -0.2) is 0 Å². The van der Waals surface area contributed by atoms with Crippen molar-refractivity contribution < 1.29 is 5.11 Å². The monoisotopic (exact) mass is 212 g/mol. The van der Waals surface area contributed by atoms with Gasteiger partial charge in [0.1, 0.15) is 0 Å². The van der Waals surface area contributed by atoms with Crippen LogP contribution in [-0.4, -0.2) is 48.3 Å². The summed E-state index contributed by atoms with van der Waals surface area (Å²) >= 11 is 0. The summed E-state index contributed by atoms with van der Waals surface area (Å²) in [6, 6.07) is 1.13. The van der Waals surface area contributed by atoms with Gasteiger partial charge in [0.2, 0.25) is 0 Å². The zero-order valence-corrected chi connectivity index (χ0v) is 9.78. The standard InChI is InChI=1S/C12H24N2O/c1-2-14-6-4-3-5-12(14)10-7-11(9-15)13-8-10/h10-13,15H,2-9H2,1H3. The molecule has 0 radical (unpaired) electrons. The van der Waals surface area contributed by atoms with Crippen molar-refractivity contribution in [3.05, 3.63) is 0 Å². The van der Waals surface area contributed by atoms with Gasteiger partial charge >= 0.3 is 0 Å². The average molecular weight is 212 g/mol. The Balaban J connectivity index is 1.90. The van der Waals surface area contributed by atoms with Crippen LogP contribution < -0.4 is 5.32 Å². The highest BCUT2D eigenvalue weighted by Gasteiger charge is 2.34. The van der Waals surface area contributed by atoms with Crippen LogP contribution in [0, 0.1) is 5.92 Å². The first-order valence-corrected chi connectivity index (χ1v) is 6.43. The third kappa shape index (κ3) is 2.52. The third-order valence-electron chi connectivity index (χ3n) is 4.09. The van der Waals surface area contributed by atoms with Gasteiger partial charge in [0.25, 0.3) is 0 Å². The van der Waals surface area contributed by atoms with Crippen molar-refractivity contribution in [1.82, 2.24) is 10.2 Å². The smallest absolute Gasteiger partial charge is 0.0584 e. The molecule has 2 N–H and O–H groups in total. The molecule has 2 aliphatic rings. The molecule has 2 heterocycles. The lowest BCUT2D eigenvalue weighted by molar-refractivity contribution is 0.110. The van der Waals surface area contributed by atoms with Gasteiger partial charge in [-0.1, -0.05) is 13.3 Å². The molecule has 0 spiro atoms. The molecule has 2 aliphatic heterocycles. The molecular formula is C12H24N2O. The van der Waals surface area contributed by atoms with E-state index in [1.54, 1.807) is 0 Å². The summed E-state index contributed by atoms with van der Waals surface area (Å²) in [6.45, 7) is 6.14. The molecule has 0 amide bonds. The Morgan fingerprint density at radius 3 is 2.93 bits per heavy atom. The highest BCUT2D eigenvalue weighted by atomic mass is 16.3. The normalized spacial score (nSPS) is 38.4. The molecule has 2 rings (SSSR count). The number of piperidine rings is 1. The molecule has 0 aliphatic carbocycles. The largest absolute Gasteiger partial charge is 0.395 e. The summed E-state index contributed by atoms with van der Waals surface area (Å²) in [6.07, 6.45) is 5.28. The summed E-state index contributed by atoms with van der Waals surface area (Å²) in [5.41, 5.74) is 0. The zero-order chi connectivity index (χ0) is 10.7. The second-order valence-electron chi connectivity index (χ2n) is 4.98. The molecule has 0 bridgehead atoms. The molecule has 3 atom stereocenters. The van der Waals surface area contributed by atoms with Crippen LogP contribution in [0.1, 0.15) is 32.6 Å². The number of nitrogens with zero attached hydrogens (tertiary/aromatic N) is 1. The van der Waals surface area contributed by atoms with E-state index in [-0.39, 0.29) is 0 Å². The maximum Gasteiger partial charge on any atom is 0.0584 e. The van der Waals surface area contributed by atoms with E-state index < -0.39 is 0 Å². The Labute approximate surface area is 92.8 Å². The highest BCUT2D eigenvalue weighted by Crippen LogP contribution is 2.28. The van der Waals surface area contributed by atoms with Crippen LogP contribution in [0.15, 0.2) is 0 Å². The van der Waals surface area contributed by atoms with Gasteiger partial charge in [-0.05, 0) is 44.8 Å². The molecule has 3 nitrogen and oxygen atoms in total. The molecule has 2 fully saturated rings. The predicted molar refractivity (Wildman–Crippen MR) is 61.9 cm³/mol. The van der Waals surface area contributed by atoms with Gasteiger partial charge in [0, 0.05) is 12.1 Å². The summed E-state index contributed by atoms with van der Waals surface area (Å²) in [5, 5.41) is 12.6. The van der Waals surface area contributed by atoms with Crippen LogP contribution in [0.3, 0.4) is 0 Å². The lowest BCUT2D eigenvalue weighted by Crippen LogP contribution is -2.44. The Hall–Kier alpha value is -0.120. The first-order chi connectivity index (χ1) is 7.35. The van der Waals surface area contributed by atoms with Crippen molar-refractivity contribution in [2.45, 2.75) is 44.7 Å². The lowest BCUT2D eigenvalue weighted by atomic mass is 9.88. The van der Waals surface area contributed by atoms with Gasteiger partial charge in [0.05, 0.1) is 6.61 Å². The second-order valence-corrected chi connectivity index (χ2v) is 4.98. The quantitative estimate of drug-likeness (QED) is 0.727. The van der Waals surface area contributed by atoms with Gasteiger partial charge in [0.15, 0.2) is 0 Å². The minimum absolute atomic E-state index is 0.301. The first-order valence-electron chi connectivity index (χ1n) is 6.43. The molecule has 0 saturated carbocycles. The first kappa shape index (κ1) is 11.4. The van der Waals surface area contributed by atoms with Crippen molar-refractivity contribution in [1.29, 1.82) is 0 Å². The molecule has 15 heavy (non-hydrogen) atoms. The average Bonchev–Trinajstić information content (AvgIpc) is 2.77. The van der Waals surface area contributed by atoms with Crippen LogP contribution >= 0.6 is 0 Å². The fraction of sp³-hybridized carbons (Fsp3) is 1.00. The summed E-state index contributed by atoms with van der Waals surface area (Å²) in [5.74, 6) is 0.766. The van der Waals surface area contributed by atoms with Crippen molar-refractivity contribution >= 4 is 0 Å². The fourth-order valence-corrected chi connectivity index (χ4v) is 3.23. The van der Waals surface area contributed by atoms with E-state index in [1.807, 2.05) is 0 Å². The summed E-state index contributed by atoms with van der Waals surface area (Å²) in [7, 11) is 0. The Bertz CT molecular complexity index is 198. The number of rotatable bonds is 3.